The Morgan fingerprint density at radius 3 is 2.24 bits per heavy atom. The van der Waals surface area contributed by atoms with Crippen LogP contribution < -0.4 is 15.1 Å². The number of carboxylic acids is 1. The lowest BCUT2D eigenvalue weighted by Crippen LogP contribution is -2.33. The third kappa shape index (κ3) is 4.58. The van der Waals surface area contributed by atoms with Gasteiger partial charge in [0.25, 0.3) is 17.7 Å². The van der Waals surface area contributed by atoms with Crippen LogP contribution in [-0.2, 0) is 6.42 Å². The molecule has 0 atom stereocenters. The second-order valence-corrected chi connectivity index (χ2v) is 9.26. The molecule has 3 aromatic carbocycles. The molecule has 8 heteroatoms. The number of nitrogens with zero attached hydrogens (tertiary/aromatic N) is 2. The van der Waals surface area contributed by atoms with Gasteiger partial charge in [0, 0.05) is 24.5 Å². The molecule has 2 aliphatic heterocycles. The van der Waals surface area contributed by atoms with Crippen LogP contribution in [-0.4, -0.2) is 41.9 Å². The Bertz CT molecular complexity index is 1410. The number of carbonyl (C=O) groups is 4. The van der Waals surface area contributed by atoms with Crippen LogP contribution in [0.25, 0.3) is 0 Å². The second-order valence-electron chi connectivity index (χ2n) is 9.26. The van der Waals surface area contributed by atoms with Gasteiger partial charge in [-0.25, -0.2) is 9.69 Å². The van der Waals surface area contributed by atoms with Gasteiger partial charge in [-0.05, 0) is 79.8 Å². The van der Waals surface area contributed by atoms with Gasteiger partial charge in [-0.15, -0.1) is 0 Å². The number of anilines is 3. The summed E-state index contributed by atoms with van der Waals surface area (Å²) in [6.07, 6.45) is 4.06. The average Bonchev–Trinajstić information content (AvgIpc) is 3.18. The fourth-order valence-electron chi connectivity index (χ4n) is 4.89. The quantitative estimate of drug-likeness (QED) is 0.465. The molecule has 0 spiro atoms. The van der Waals surface area contributed by atoms with E-state index in [0.717, 1.165) is 54.9 Å². The summed E-state index contributed by atoms with van der Waals surface area (Å²) in [6, 6.07) is 16.5. The zero-order valence-corrected chi connectivity index (χ0v) is 20.5. The van der Waals surface area contributed by atoms with Crippen LogP contribution in [0.2, 0.25) is 0 Å². The Morgan fingerprint density at radius 1 is 0.865 bits per heavy atom. The van der Waals surface area contributed by atoms with Crippen molar-refractivity contribution < 1.29 is 24.3 Å². The third-order valence-electron chi connectivity index (χ3n) is 6.93. The van der Waals surface area contributed by atoms with Gasteiger partial charge in [-0.2, -0.15) is 0 Å². The lowest BCUT2D eigenvalue weighted by molar-refractivity contribution is 0.0696. The normalized spacial score (nSPS) is 15.1. The predicted octanol–water partition coefficient (Wildman–Crippen LogP) is 4.99. The lowest BCUT2D eigenvalue weighted by Gasteiger charge is -2.31. The SMILES string of the molecule is CCc1ccc(NC(=O)c2cc(N3C(=O)c4ccc(C(=O)O)cc4C3=O)ccc2N2CCCCC2)cc1. The minimum absolute atomic E-state index is 0.0343. The largest absolute Gasteiger partial charge is 0.478 e. The van der Waals surface area contributed by atoms with Gasteiger partial charge in [-0.1, -0.05) is 19.1 Å². The first-order valence-corrected chi connectivity index (χ1v) is 12.4. The van der Waals surface area contributed by atoms with Crippen molar-refractivity contribution in [3.05, 3.63) is 88.5 Å². The van der Waals surface area contributed by atoms with Crippen molar-refractivity contribution in [2.24, 2.45) is 0 Å². The Kier molecular flexibility index (Phi) is 6.48. The van der Waals surface area contributed by atoms with Crippen LogP contribution in [0.1, 0.15) is 73.2 Å². The monoisotopic (exact) mass is 497 g/mol. The number of imide groups is 1. The predicted molar refractivity (Wildman–Crippen MR) is 141 cm³/mol. The molecule has 3 amide bonds. The van der Waals surface area contributed by atoms with Crippen LogP contribution >= 0.6 is 0 Å². The molecule has 188 valence electrons. The van der Waals surface area contributed by atoms with Crippen molar-refractivity contribution in [3.8, 4) is 0 Å². The van der Waals surface area contributed by atoms with E-state index in [1.807, 2.05) is 24.3 Å². The van der Waals surface area contributed by atoms with Crippen LogP contribution in [0, 0.1) is 0 Å². The molecule has 0 aliphatic carbocycles. The number of carbonyl (C=O) groups excluding carboxylic acids is 3. The molecule has 1 saturated heterocycles. The molecule has 5 rings (SSSR count). The van der Waals surface area contributed by atoms with Gasteiger partial charge in [0.2, 0.25) is 0 Å². The zero-order valence-electron chi connectivity index (χ0n) is 20.5. The number of aryl methyl sites for hydroxylation is 1. The molecule has 8 nitrogen and oxygen atoms in total. The molecular weight excluding hydrogens is 470 g/mol. The fraction of sp³-hybridized carbons (Fsp3) is 0.241. The minimum atomic E-state index is -1.18. The number of rotatable bonds is 6. The maximum absolute atomic E-state index is 13.5. The van der Waals surface area contributed by atoms with Crippen molar-refractivity contribution in [3.63, 3.8) is 0 Å². The van der Waals surface area contributed by atoms with E-state index in [1.54, 1.807) is 18.2 Å². The van der Waals surface area contributed by atoms with Crippen molar-refractivity contribution in [2.75, 3.05) is 28.2 Å². The topological polar surface area (TPSA) is 107 Å². The number of carboxylic acid groups (broad SMARTS) is 1. The molecule has 0 aromatic heterocycles. The molecule has 0 radical (unpaired) electrons. The highest BCUT2D eigenvalue weighted by atomic mass is 16.4. The number of hydrogen-bond acceptors (Lipinski definition) is 5. The first-order valence-electron chi connectivity index (χ1n) is 12.4. The smallest absolute Gasteiger partial charge is 0.335 e. The summed E-state index contributed by atoms with van der Waals surface area (Å²) in [5.41, 5.74) is 3.28. The van der Waals surface area contributed by atoms with Crippen molar-refractivity contribution in [1.82, 2.24) is 0 Å². The molecule has 3 aromatic rings. The maximum atomic E-state index is 13.5. The second kappa shape index (κ2) is 9.89. The Labute approximate surface area is 214 Å². The molecule has 2 heterocycles. The van der Waals surface area contributed by atoms with Crippen molar-refractivity contribution in [1.29, 1.82) is 0 Å². The van der Waals surface area contributed by atoms with E-state index in [1.165, 1.54) is 18.2 Å². The molecule has 0 unspecified atom stereocenters. The number of fused-ring (bicyclic) bond motifs is 1. The average molecular weight is 498 g/mol. The van der Waals surface area contributed by atoms with Gasteiger partial charge in [0.05, 0.1) is 27.9 Å². The summed E-state index contributed by atoms with van der Waals surface area (Å²) in [7, 11) is 0. The Balaban J connectivity index is 1.52. The highest BCUT2D eigenvalue weighted by Gasteiger charge is 2.38. The van der Waals surface area contributed by atoms with Gasteiger partial charge in [-0.3, -0.25) is 14.4 Å². The van der Waals surface area contributed by atoms with E-state index in [9.17, 15) is 24.3 Å². The summed E-state index contributed by atoms with van der Waals surface area (Å²) >= 11 is 0. The van der Waals surface area contributed by atoms with Crippen LogP contribution in [0.5, 0.6) is 0 Å². The van der Waals surface area contributed by atoms with E-state index in [-0.39, 0.29) is 28.3 Å². The molecule has 1 fully saturated rings. The van der Waals surface area contributed by atoms with Gasteiger partial charge in [0.1, 0.15) is 0 Å². The van der Waals surface area contributed by atoms with E-state index < -0.39 is 17.8 Å². The molecule has 2 N–H and O–H groups in total. The molecular formula is C29H27N3O5. The van der Waals surface area contributed by atoms with Crippen LogP contribution in [0.3, 0.4) is 0 Å². The molecule has 0 saturated carbocycles. The van der Waals surface area contributed by atoms with Crippen molar-refractivity contribution >= 4 is 40.8 Å². The van der Waals surface area contributed by atoms with Gasteiger partial charge >= 0.3 is 5.97 Å². The van der Waals surface area contributed by atoms with E-state index >= 15 is 0 Å². The standard InChI is InChI=1S/C29H27N3O5/c1-2-18-6-9-20(10-7-18)30-26(33)24-17-21(11-13-25(24)31-14-4-3-5-15-31)32-27(34)22-12-8-19(29(36)37)16-23(22)28(32)35/h6-13,16-17H,2-5,14-15H2,1H3,(H,30,33)(H,36,37). The van der Waals surface area contributed by atoms with E-state index in [4.69, 9.17) is 0 Å². The number of benzene rings is 3. The number of hydrogen-bond donors (Lipinski definition) is 2. The molecule has 2 aliphatic rings. The Hall–Kier alpha value is -4.46. The molecule has 0 bridgehead atoms. The zero-order chi connectivity index (χ0) is 26.1. The number of amides is 3. The summed E-state index contributed by atoms with van der Waals surface area (Å²) in [4.78, 5) is 54.4. The van der Waals surface area contributed by atoms with Gasteiger partial charge in [0.15, 0.2) is 0 Å². The van der Waals surface area contributed by atoms with E-state index in [0.29, 0.717) is 11.3 Å². The van der Waals surface area contributed by atoms with Crippen LogP contribution in [0.15, 0.2) is 60.7 Å². The first kappa shape index (κ1) is 24.2. The summed E-state index contributed by atoms with van der Waals surface area (Å²) in [5.74, 6) is -2.69. The minimum Gasteiger partial charge on any atom is -0.478 e. The highest BCUT2D eigenvalue weighted by molar-refractivity contribution is 6.35. The fourth-order valence-corrected chi connectivity index (χ4v) is 4.89. The highest BCUT2D eigenvalue weighted by Crippen LogP contribution is 2.34. The maximum Gasteiger partial charge on any atom is 0.335 e. The number of nitrogens with one attached hydrogen (secondary N) is 1. The summed E-state index contributed by atoms with van der Waals surface area (Å²) < 4.78 is 0. The summed E-state index contributed by atoms with van der Waals surface area (Å²) in [5, 5.41) is 12.2. The number of piperidine rings is 1. The van der Waals surface area contributed by atoms with Crippen LogP contribution in [0.4, 0.5) is 17.1 Å². The summed E-state index contributed by atoms with van der Waals surface area (Å²) in [6.45, 7) is 3.69. The van der Waals surface area contributed by atoms with Gasteiger partial charge < -0.3 is 15.3 Å². The Morgan fingerprint density at radius 2 is 1.57 bits per heavy atom. The van der Waals surface area contributed by atoms with E-state index in [2.05, 4.69) is 17.1 Å². The third-order valence-corrected chi connectivity index (χ3v) is 6.93. The first-order chi connectivity index (χ1) is 17.9. The van der Waals surface area contributed by atoms with Crippen molar-refractivity contribution in [2.45, 2.75) is 32.6 Å². The molecule has 37 heavy (non-hydrogen) atoms. The number of aromatic carboxylic acids is 1. The lowest BCUT2D eigenvalue weighted by atomic mass is 10.0.